The predicted molar refractivity (Wildman–Crippen MR) is 82.5 cm³/mol. The molecule has 2 rings (SSSR count). The van der Waals surface area contributed by atoms with Crippen LogP contribution in [0, 0.1) is 5.41 Å². The highest BCUT2D eigenvalue weighted by atomic mass is 32.2. The minimum Gasteiger partial charge on any atom is -0.390 e. The third-order valence-electron chi connectivity index (χ3n) is 4.74. The smallest absolute Gasteiger partial charge is 0.242 e. The van der Waals surface area contributed by atoms with Crippen LogP contribution < -0.4 is 4.72 Å². The van der Waals surface area contributed by atoms with E-state index >= 15 is 0 Å². The van der Waals surface area contributed by atoms with Crippen LogP contribution in [0.3, 0.4) is 0 Å². The van der Waals surface area contributed by atoms with Crippen LogP contribution >= 0.6 is 0 Å². The summed E-state index contributed by atoms with van der Waals surface area (Å²) in [5.74, 6) is 0. The number of rotatable bonds is 7. The quantitative estimate of drug-likeness (QED) is 0.812. The second-order valence-corrected chi connectivity index (χ2v) is 8.12. The Morgan fingerprint density at radius 1 is 1.43 bits per heavy atom. The van der Waals surface area contributed by atoms with E-state index in [1.54, 1.807) is 16.8 Å². The molecule has 0 amide bonds. The first-order valence-corrected chi connectivity index (χ1v) is 9.13. The molecule has 1 saturated carbocycles. The molecule has 2 N–H and O–H groups in total. The van der Waals surface area contributed by atoms with Gasteiger partial charge in [0.25, 0.3) is 0 Å². The Bertz CT molecular complexity index is 581. The summed E-state index contributed by atoms with van der Waals surface area (Å²) < 4.78 is 29.4. The van der Waals surface area contributed by atoms with Crippen molar-refractivity contribution in [2.75, 3.05) is 6.54 Å². The van der Waals surface area contributed by atoms with E-state index in [-0.39, 0.29) is 23.0 Å². The molecule has 120 valence electrons. The van der Waals surface area contributed by atoms with Gasteiger partial charge in [0, 0.05) is 24.5 Å². The molecule has 0 radical (unpaired) electrons. The molecule has 6 heteroatoms. The molecule has 0 aromatic carbocycles. The molecular formula is C15H26N2O3S. The number of nitrogens with one attached hydrogen (secondary N) is 1. The van der Waals surface area contributed by atoms with Crippen LogP contribution in [0.4, 0.5) is 0 Å². The zero-order valence-corrected chi connectivity index (χ0v) is 13.9. The third kappa shape index (κ3) is 3.33. The van der Waals surface area contributed by atoms with Gasteiger partial charge in [-0.05, 0) is 44.6 Å². The molecule has 1 aliphatic rings. The van der Waals surface area contributed by atoms with Crippen LogP contribution in [0.15, 0.2) is 17.2 Å². The molecule has 0 atom stereocenters. The van der Waals surface area contributed by atoms with E-state index in [2.05, 4.69) is 11.6 Å². The molecule has 1 heterocycles. The summed E-state index contributed by atoms with van der Waals surface area (Å²) in [5.41, 5.74) is 0.771. The summed E-state index contributed by atoms with van der Waals surface area (Å²) in [7, 11) is -3.51. The van der Waals surface area contributed by atoms with Crippen molar-refractivity contribution in [2.24, 2.45) is 5.41 Å². The second kappa shape index (κ2) is 6.10. The maximum absolute atomic E-state index is 12.4. The number of hydrogen-bond acceptors (Lipinski definition) is 3. The zero-order chi connectivity index (χ0) is 15.7. The summed E-state index contributed by atoms with van der Waals surface area (Å²) >= 11 is 0. The Kier molecular flexibility index (Phi) is 4.80. The van der Waals surface area contributed by atoms with Gasteiger partial charge < -0.3 is 9.67 Å². The Morgan fingerprint density at radius 3 is 2.48 bits per heavy atom. The van der Waals surface area contributed by atoms with E-state index in [9.17, 15) is 13.5 Å². The molecule has 5 nitrogen and oxygen atoms in total. The monoisotopic (exact) mass is 314 g/mol. The van der Waals surface area contributed by atoms with E-state index in [1.807, 2.05) is 13.8 Å². The van der Waals surface area contributed by atoms with Crippen LogP contribution in [-0.4, -0.2) is 24.6 Å². The van der Waals surface area contributed by atoms with Crippen molar-refractivity contribution in [3.63, 3.8) is 0 Å². The van der Waals surface area contributed by atoms with Crippen LogP contribution in [0.1, 0.15) is 58.2 Å². The lowest BCUT2D eigenvalue weighted by Crippen LogP contribution is -2.41. The molecule has 1 aromatic rings. The molecule has 0 saturated heterocycles. The maximum atomic E-state index is 12.4. The summed E-state index contributed by atoms with van der Waals surface area (Å²) in [6.07, 6.45) is 6.00. The number of aliphatic hydroxyl groups is 1. The van der Waals surface area contributed by atoms with Crippen molar-refractivity contribution in [3.8, 4) is 0 Å². The van der Waals surface area contributed by atoms with Crippen LogP contribution in [-0.2, 0) is 16.6 Å². The number of aliphatic hydroxyl groups excluding tert-OH is 1. The summed E-state index contributed by atoms with van der Waals surface area (Å²) in [4.78, 5) is 0.242. The van der Waals surface area contributed by atoms with Crippen LogP contribution in [0.5, 0.6) is 0 Å². The minimum absolute atomic E-state index is 0.115. The van der Waals surface area contributed by atoms with Gasteiger partial charge in [0.05, 0.1) is 11.5 Å². The molecule has 0 unspecified atom stereocenters. The van der Waals surface area contributed by atoms with E-state index in [1.165, 1.54) is 6.42 Å². The Morgan fingerprint density at radius 2 is 2.10 bits per heavy atom. The number of aromatic nitrogens is 1. The molecule has 0 bridgehead atoms. The summed E-state index contributed by atoms with van der Waals surface area (Å²) in [5, 5.41) is 9.35. The van der Waals surface area contributed by atoms with Crippen LogP contribution in [0.25, 0.3) is 0 Å². The van der Waals surface area contributed by atoms with Crippen LogP contribution in [0.2, 0.25) is 0 Å². The number of sulfonamides is 1. The van der Waals surface area contributed by atoms with Gasteiger partial charge in [-0.15, -0.1) is 0 Å². The lowest BCUT2D eigenvalue weighted by Gasteiger charge is -2.41. The number of nitrogens with zero attached hydrogens (tertiary/aromatic N) is 1. The van der Waals surface area contributed by atoms with Gasteiger partial charge in [-0.25, -0.2) is 13.1 Å². The first-order valence-electron chi connectivity index (χ1n) is 7.65. The lowest BCUT2D eigenvalue weighted by atomic mass is 9.67. The highest BCUT2D eigenvalue weighted by Gasteiger charge is 2.36. The van der Waals surface area contributed by atoms with Gasteiger partial charge in [0.2, 0.25) is 10.0 Å². The van der Waals surface area contributed by atoms with E-state index < -0.39 is 10.0 Å². The zero-order valence-electron chi connectivity index (χ0n) is 13.1. The number of hydrogen-bond donors (Lipinski definition) is 2. The van der Waals surface area contributed by atoms with E-state index in [4.69, 9.17) is 0 Å². The van der Waals surface area contributed by atoms with Crippen molar-refractivity contribution in [1.29, 1.82) is 0 Å². The lowest BCUT2D eigenvalue weighted by molar-refractivity contribution is 0.133. The fraction of sp³-hybridized carbons (Fsp3) is 0.733. The van der Waals surface area contributed by atoms with Gasteiger partial charge in [-0.2, -0.15) is 0 Å². The van der Waals surface area contributed by atoms with Gasteiger partial charge in [0.15, 0.2) is 0 Å². The topological polar surface area (TPSA) is 71.3 Å². The SMILES string of the molecule is CCC1(CNS(=O)(=O)c2cc(CO)n(C(C)C)c2)CCC1. The average molecular weight is 314 g/mol. The molecule has 0 spiro atoms. The van der Waals surface area contributed by atoms with E-state index in [0.717, 1.165) is 19.3 Å². The molecule has 21 heavy (non-hydrogen) atoms. The van der Waals surface area contributed by atoms with Crippen molar-refractivity contribution >= 4 is 10.0 Å². The molecule has 0 aliphatic heterocycles. The molecule has 1 fully saturated rings. The summed E-state index contributed by atoms with van der Waals surface area (Å²) in [6, 6.07) is 1.67. The Hall–Kier alpha value is -0.850. The first kappa shape index (κ1) is 16.5. The largest absolute Gasteiger partial charge is 0.390 e. The highest BCUT2D eigenvalue weighted by molar-refractivity contribution is 7.89. The highest BCUT2D eigenvalue weighted by Crippen LogP contribution is 2.43. The van der Waals surface area contributed by atoms with Gasteiger partial charge >= 0.3 is 0 Å². The van der Waals surface area contributed by atoms with E-state index in [0.29, 0.717) is 12.2 Å². The predicted octanol–water partition coefficient (Wildman–Crippen LogP) is 2.42. The van der Waals surface area contributed by atoms with Crippen molar-refractivity contribution in [2.45, 2.75) is 64.0 Å². The van der Waals surface area contributed by atoms with Gasteiger partial charge in [-0.3, -0.25) is 0 Å². The minimum atomic E-state index is -3.51. The Labute approximate surface area is 127 Å². The van der Waals surface area contributed by atoms with Crippen molar-refractivity contribution in [3.05, 3.63) is 18.0 Å². The maximum Gasteiger partial charge on any atom is 0.242 e. The first-order chi connectivity index (χ1) is 9.83. The second-order valence-electron chi connectivity index (χ2n) is 6.36. The third-order valence-corrected chi connectivity index (χ3v) is 6.11. The summed E-state index contributed by atoms with van der Waals surface area (Å²) in [6.45, 7) is 6.39. The normalized spacial score (nSPS) is 18.0. The molecular weight excluding hydrogens is 288 g/mol. The molecule has 1 aromatic heterocycles. The molecule has 1 aliphatic carbocycles. The van der Waals surface area contributed by atoms with Crippen molar-refractivity contribution in [1.82, 2.24) is 9.29 Å². The Balaban J connectivity index is 2.16. The van der Waals surface area contributed by atoms with Crippen molar-refractivity contribution < 1.29 is 13.5 Å². The van der Waals surface area contributed by atoms with Gasteiger partial charge in [0.1, 0.15) is 0 Å². The fourth-order valence-corrected chi connectivity index (χ4v) is 4.12. The average Bonchev–Trinajstić information content (AvgIpc) is 2.83. The fourth-order valence-electron chi connectivity index (χ4n) is 2.91. The standard InChI is InChI=1S/C15H26N2O3S/c1-4-15(6-5-7-15)11-16-21(19,20)14-8-13(10-18)17(9-14)12(2)3/h8-9,12,16,18H,4-7,10-11H2,1-3H3. The van der Waals surface area contributed by atoms with Gasteiger partial charge in [-0.1, -0.05) is 13.3 Å².